The van der Waals surface area contributed by atoms with Crippen LogP contribution in [0.4, 0.5) is 10.1 Å². The minimum Gasteiger partial charge on any atom is -0.366 e. The first-order chi connectivity index (χ1) is 9.47. The van der Waals surface area contributed by atoms with E-state index in [0.717, 1.165) is 16.3 Å². The molecule has 1 atom stereocenters. The van der Waals surface area contributed by atoms with Crippen LogP contribution in [0.5, 0.6) is 0 Å². The van der Waals surface area contributed by atoms with E-state index in [-0.39, 0.29) is 11.9 Å². The minimum absolute atomic E-state index is 0.00506. The molecule has 0 saturated heterocycles. The number of thiazole rings is 1. The lowest BCUT2D eigenvalue weighted by atomic mass is 10.0. The fourth-order valence-electron chi connectivity index (χ4n) is 2.30. The van der Waals surface area contributed by atoms with Crippen molar-refractivity contribution in [1.29, 1.82) is 0 Å². The second-order valence-electron chi connectivity index (χ2n) is 5.14. The van der Waals surface area contributed by atoms with E-state index in [1.807, 2.05) is 37.2 Å². The Kier molecular flexibility index (Phi) is 4.73. The summed E-state index contributed by atoms with van der Waals surface area (Å²) < 4.78 is 14.2. The molecule has 0 amide bonds. The molecule has 20 heavy (non-hydrogen) atoms. The molecule has 0 aliphatic heterocycles. The maximum absolute atomic E-state index is 14.2. The second kappa shape index (κ2) is 6.33. The zero-order valence-corrected chi connectivity index (χ0v) is 12.9. The highest BCUT2D eigenvalue weighted by Crippen LogP contribution is 2.26. The maximum Gasteiger partial charge on any atom is 0.146 e. The Morgan fingerprint density at radius 2 is 2.20 bits per heavy atom. The summed E-state index contributed by atoms with van der Waals surface area (Å²) in [7, 11) is 1.89. The Hall–Kier alpha value is -1.46. The Bertz CT molecular complexity index is 580. The van der Waals surface area contributed by atoms with Crippen molar-refractivity contribution in [3.8, 4) is 0 Å². The van der Waals surface area contributed by atoms with Crippen LogP contribution in [-0.4, -0.2) is 18.1 Å². The minimum atomic E-state index is -0.211. The van der Waals surface area contributed by atoms with Gasteiger partial charge in [0.15, 0.2) is 0 Å². The van der Waals surface area contributed by atoms with Crippen molar-refractivity contribution in [3.63, 3.8) is 0 Å². The Labute approximate surface area is 123 Å². The van der Waals surface area contributed by atoms with E-state index in [0.29, 0.717) is 18.7 Å². The molecule has 2 N–H and O–H groups in total. The van der Waals surface area contributed by atoms with E-state index >= 15 is 0 Å². The molecule has 108 valence electrons. The fraction of sp³-hybridized carbons (Fsp3) is 0.400. The van der Waals surface area contributed by atoms with Crippen LogP contribution in [0.15, 0.2) is 23.6 Å². The lowest BCUT2D eigenvalue weighted by Gasteiger charge is -2.23. The number of rotatable bonds is 5. The van der Waals surface area contributed by atoms with Crippen molar-refractivity contribution >= 4 is 17.0 Å². The van der Waals surface area contributed by atoms with Gasteiger partial charge in [0, 0.05) is 18.5 Å². The van der Waals surface area contributed by atoms with Crippen molar-refractivity contribution < 1.29 is 4.39 Å². The molecule has 1 unspecified atom stereocenters. The van der Waals surface area contributed by atoms with Gasteiger partial charge in [0.1, 0.15) is 5.82 Å². The topological polar surface area (TPSA) is 42.2 Å². The molecule has 2 rings (SSSR count). The third-order valence-corrected chi connectivity index (χ3v) is 3.88. The highest BCUT2D eigenvalue weighted by atomic mass is 32.1. The summed E-state index contributed by atoms with van der Waals surface area (Å²) in [5, 5.41) is 3.04. The van der Waals surface area contributed by atoms with Gasteiger partial charge in [0.05, 0.1) is 22.9 Å². The number of halogens is 1. The molecule has 0 saturated carbocycles. The third-order valence-electron chi connectivity index (χ3n) is 3.06. The van der Waals surface area contributed by atoms with Crippen molar-refractivity contribution in [2.24, 2.45) is 5.73 Å². The summed E-state index contributed by atoms with van der Waals surface area (Å²) in [5.74, 6) is -0.211. The summed E-state index contributed by atoms with van der Waals surface area (Å²) in [6.45, 7) is 4.49. The zero-order chi connectivity index (χ0) is 14.7. The van der Waals surface area contributed by atoms with Gasteiger partial charge in [0.25, 0.3) is 0 Å². The Morgan fingerprint density at radius 3 is 2.80 bits per heavy atom. The number of aromatic nitrogens is 1. The number of aryl methyl sites for hydroxylation is 1. The van der Waals surface area contributed by atoms with Gasteiger partial charge in [-0.3, -0.25) is 0 Å². The van der Waals surface area contributed by atoms with Gasteiger partial charge < -0.3 is 10.6 Å². The van der Waals surface area contributed by atoms with E-state index in [9.17, 15) is 4.39 Å². The number of para-hydroxylation sites is 1. The first-order valence-corrected chi connectivity index (χ1v) is 7.50. The molecule has 0 aliphatic carbocycles. The molecule has 1 aromatic carbocycles. The lowest BCUT2D eigenvalue weighted by molar-refractivity contribution is 0.616. The van der Waals surface area contributed by atoms with Crippen LogP contribution < -0.4 is 10.6 Å². The third kappa shape index (κ3) is 3.55. The molecule has 1 aromatic heterocycles. The first-order valence-electron chi connectivity index (χ1n) is 6.62. The standard InChI is InChI=1S/C15H20FN3S/c1-10(17)7-12-5-4-6-14(16)15(12)19(3)8-13-9-20-11(2)18-13/h4-6,9-10H,7-8,17H2,1-3H3. The molecule has 1 heterocycles. The number of anilines is 1. The predicted octanol–water partition coefficient (Wildman–Crippen LogP) is 3.12. The van der Waals surface area contributed by atoms with E-state index < -0.39 is 0 Å². The van der Waals surface area contributed by atoms with Crippen molar-refractivity contribution in [3.05, 3.63) is 45.7 Å². The van der Waals surface area contributed by atoms with Crippen molar-refractivity contribution in [2.45, 2.75) is 32.9 Å². The number of nitrogens with two attached hydrogens (primary N) is 1. The highest BCUT2D eigenvalue weighted by Gasteiger charge is 2.15. The summed E-state index contributed by atoms with van der Waals surface area (Å²) in [6, 6.07) is 5.16. The van der Waals surface area contributed by atoms with Crippen LogP contribution in [0.3, 0.4) is 0 Å². The van der Waals surface area contributed by atoms with Crippen LogP contribution >= 0.6 is 11.3 Å². The van der Waals surface area contributed by atoms with Crippen molar-refractivity contribution in [2.75, 3.05) is 11.9 Å². The summed E-state index contributed by atoms with van der Waals surface area (Å²) >= 11 is 1.61. The van der Waals surface area contributed by atoms with E-state index in [2.05, 4.69) is 4.98 Å². The van der Waals surface area contributed by atoms with Gasteiger partial charge in [-0.1, -0.05) is 12.1 Å². The molecule has 0 spiro atoms. The van der Waals surface area contributed by atoms with Crippen LogP contribution in [0.25, 0.3) is 0 Å². The molecular weight excluding hydrogens is 273 g/mol. The number of benzene rings is 1. The molecule has 0 bridgehead atoms. The fourth-order valence-corrected chi connectivity index (χ4v) is 2.91. The van der Waals surface area contributed by atoms with Crippen molar-refractivity contribution in [1.82, 2.24) is 4.98 Å². The van der Waals surface area contributed by atoms with Crippen LogP contribution in [0.1, 0.15) is 23.2 Å². The molecule has 2 aromatic rings. The molecule has 0 radical (unpaired) electrons. The Balaban J connectivity index is 2.25. The second-order valence-corrected chi connectivity index (χ2v) is 6.21. The molecule has 0 aliphatic rings. The average molecular weight is 293 g/mol. The van der Waals surface area contributed by atoms with Crippen LogP contribution in [0, 0.1) is 12.7 Å². The SMILES string of the molecule is Cc1nc(CN(C)c2c(F)cccc2CC(C)N)cs1. The van der Waals surface area contributed by atoms with Gasteiger partial charge in [-0.05, 0) is 31.9 Å². The van der Waals surface area contributed by atoms with E-state index in [1.165, 1.54) is 6.07 Å². The van der Waals surface area contributed by atoms with E-state index in [1.54, 1.807) is 17.4 Å². The van der Waals surface area contributed by atoms with Gasteiger partial charge in [-0.15, -0.1) is 11.3 Å². The van der Waals surface area contributed by atoms with Gasteiger partial charge in [0.2, 0.25) is 0 Å². The smallest absolute Gasteiger partial charge is 0.146 e. The Morgan fingerprint density at radius 1 is 1.45 bits per heavy atom. The quantitative estimate of drug-likeness (QED) is 0.921. The van der Waals surface area contributed by atoms with E-state index in [4.69, 9.17) is 5.73 Å². The summed E-state index contributed by atoms with van der Waals surface area (Å²) in [5.41, 5.74) is 8.37. The number of nitrogens with zero attached hydrogens (tertiary/aromatic N) is 2. The molecule has 0 fully saturated rings. The van der Waals surface area contributed by atoms with Gasteiger partial charge in [-0.2, -0.15) is 0 Å². The van der Waals surface area contributed by atoms with Crippen LogP contribution in [0.2, 0.25) is 0 Å². The molecule has 5 heteroatoms. The van der Waals surface area contributed by atoms with Gasteiger partial charge in [-0.25, -0.2) is 9.37 Å². The monoisotopic (exact) mass is 293 g/mol. The van der Waals surface area contributed by atoms with Gasteiger partial charge >= 0.3 is 0 Å². The number of hydrogen-bond acceptors (Lipinski definition) is 4. The average Bonchev–Trinajstić information content (AvgIpc) is 2.73. The largest absolute Gasteiger partial charge is 0.366 e. The summed E-state index contributed by atoms with van der Waals surface area (Å²) in [4.78, 5) is 6.33. The lowest BCUT2D eigenvalue weighted by Crippen LogP contribution is -2.23. The molecule has 3 nitrogen and oxygen atoms in total. The zero-order valence-electron chi connectivity index (χ0n) is 12.1. The predicted molar refractivity (Wildman–Crippen MR) is 82.7 cm³/mol. The summed E-state index contributed by atoms with van der Waals surface area (Å²) in [6.07, 6.45) is 0.660. The highest BCUT2D eigenvalue weighted by molar-refractivity contribution is 7.09. The normalized spacial score (nSPS) is 12.4. The number of hydrogen-bond donors (Lipinski definition) is 1. The molecular formula is C15H20FN3S. The van der Waals surface area contributed by atoms with Crippen LogP contribution in [-0.2, 0) is 13.0 Å². The maximum atomic E-state index is 14.2. The first kappa shape index (κ1) is 14.9.